The van der Waals surface area contributed by atoms with Gasteiger partial charge >= 0.3 is 0 Å². The number of nitrogens with one attached hydrogen (secondary N) is 2. The van der Waals surface area contributed by atoms with E-state index in [0.29, 0.717) is 22.3 Å². The molecule has 17 heavy (non-hydrogen) atoms. The Bertz CT molecular complexity index is 486. The zero-order chi connectivity index (χ0) is 12.3. The van der Waals surface area contributed by atoms with Gasteiger partial charge in [-0.25, -0.2) is 4.39 Å². The number of hydrogen-bond donors (Lipinski definition) is 2. The summed E-state index contributed by atoms with van der Waals surface area (Å²) in [5, 5.41) is 13.5. The van der Waals surface area contributed by atoms with E-state index in [4.69, 9.17) is 0 Å². The van der Waals surface area contributed by atoms with Crippen molar-refractivity contribution >= 4 is 15.9 Å². The lowest BCUT2D eigenvalue weighted by Gasteiger charge is -2.16. The van der Waals surface area contributed by atoms with Gasteiger partial charge in [0.05, 0.1) is 16.7 Å². The molecule has 4 nitrogen and oxygen atoms in total. The largest absolute Gasteiger partial charge is 0.305 e. The van der Waals surface area contributed by atoms with Crippen LogP contribution in [0.4, 0.5) is 4.39 Å². The Hall–Kier alpha value is -1.27. The van der Waals surface area contributed by atoms with Crippen LogP contribution in [0, 0.1) is 5.82 Å². The van der Waals surface area contributed by atoms with Crippen molar-refractivity contribution in [2.75, 3.05) is 6.54 Å². The van der Waals surface area contributed by atoms with Crippen LogP contribution >= 0.6 is 15.9 Å². The van der Waals surface area contributed by atoms with Crippen molar-refractivity contribution in [3.8, 4) is 0 Å². The van der Waals surface area contributed by atoms with Crippen molar-refractivity contribution in [3.63, 3.8) is 0 Å². The standard InChI is InChI=1S/C11H12BrFN4/c1-2-14-11(9-6-15-17-16-9)7-4-3-5-8(12)10(7)13/h3-6,11,14H,2H2,1H3,(H,15,16,17). The average molecular weight is 299 g/mol. The molecule has 1 atom stereocenters. The van der Waals surface area contributed by atoms with Crippen LogP contribution in [0.5, 0.6) is 0 Å². The number of H-pyrrole nitrogens is 1. The highest BCUT2D eigenvalue weighted by atomic mass is 79.9. The second-order valence-corrected chi connectivity index (χ2v) is 4.38. The lowest BCUT2D eigenvalue weighted by Crippen LogP contribution is -2.23. The molecule has 1 heterocycles. The first-order valence-corrected chi connectivity index (χ1v) is 6.06. The molecule has 90 valence electrons. The zero-order valence-electron chi connectivity index (χ0n) is 9.24. The molecule has 0 saturated carbocycles. The predicted octanol–water partition coefficient (Wildman–Crippen LogP) is 2.41. The Kier molecular flexibility index (Phi) is 3.86. The van der Waals surface area contributed by atoms with Crippen LogP contribution in [0.3, 0.4) is 0 Å². The van der Waals surface area contributed by atoms with E-state index in [9.17, 15) is 4.39 Å². The molecule has 1 aromatic carbocycles. The average Bonchev–Trinajstić information content (AvgIpc) is 2.84. The summed E-state index contributed by atoms with van der Waals surface area (Å²) in [5.41, 5.74) is 1.22. The molecule has 2 rings (SSSR count). The third-order valence-corrected chi connectivity index (χ3v) is 3.04. The lowest BCUT2D eigenvalue weighted by atomic mass is 10.0. The molecule has 0 saturated heterocycles. The summed E-state index contributed by atoms with van der Waals surface area (Å²) < 4.78 is 14.5. The van der Waals surface area contributed by atoms with Gasteiger partial charge in [-0.3, -0.25) is 0 Å². The lowest BCUT2D eigenvalue weighted by molar-refractivity contribution is 0.547. The van der Waals surface area contributed by atoms with Gasteiger partial charge in [-0.05, 0) is 28.5 Å². The normalized spacial score (nSPS) is 12.6. The van der Waals surface area contributed by atoms with Gasteiger partial charge in [0.1, 0.15) is 11.5 Å². The van der Waals surface area contributed by atoms with Crippen LogP contribution in [-0.2, 0) is 0 Å². The molecule has 0 bridgehead atoms. The van der Waals surface area contributed by atoms with Gasteiger partial charge in [-0.15, -0.1) is 0 Å². The van der Waals surface area contributed by atoms with Gasteiger partial charge < -0.3 is 5.32 Å². The SMILES string of the molecule is CCNC(c1cn[nH]n1)c1cccc(Br)c1F. The van der Waals surface area contributed by atoms with E-state index in [1.54, 1.807) is 24.4 Å². The van der Waals surface area contributed by atoms with E-state index in [0.717, 1.165) is 0 Å². The monoisotopic (exact) mass is 298 g/mol. The summed E-state index contributed by atoms with van der Waals surface area (Å²) >= 11 is 3.18. The molecule has 0 aliphatic heterocycles. The molecule has 1 unspecified atom stereocenters. The summed E-state index contributed by atoms with van der Waals surface area (Å²) in [6, 6.07) is 4.91. The van der Waals surface area contributed by atoms with Crippen LogP contribution in [0.25, 0.3) is 0 Å². The molecule has 1 aromatic heterocycles. The quantitative estimate of drug-likeness (QED) is 0.911. The first-order valence-electron chi connectivity index (χ1n) is 5.27. The molecular formula is C11H12BrFN4. The summed E-state index contributed by atoms with van der Waals surface area (Å²) in [5.74, 6) is -0.276. The first kappa shape index (κ1) is 12.2. The van der Waals surface area contributed by atoms with Crippen molar-refractivity contribution in [1.82, 2.24) is 20.7 Å². The van der Waals surface area contributed by atoms with Crippen molar-refractivity contribution in [3.05, 3.63) is 45.9 Å². The summed E-state index contributed by atoms with van der Waals surface area (Å²) in [4.78, 5) is 0. The van der Waals surface area contributed by atoms with E-state index < -0.39 is 0 Å². The van der Waals surface area contributed by atoms with Gasteiger partial charge in [-0.1, -0.05) is 19.1 Å². The number of nitrogens with zero attached hydrogens (tertiary/aromatic N) is 2. The Morgan fingerprint density at radius 1 is 1.53 bits per heavy atom. The predicted molar refractivity (Wildman–Crippen MR) is 66.0 cm³/mol. The van der Waals surface area contributed by atoms with Gasteiger partial charge in [0.2, 0.25) is 0 Å². The maximum absolute atomic E-state index is 14.0. The second-order valence-electron chi connectivity index (χ2n) is 3.53. The third kappa shape index (κ3) is 2.53. The van der Waals surface area contributed by atoms with Crippen LogP contribution in [0.15, 0.2) is 28.9 Å². The maximum Gasteiger partial charge on any atom is 0.142 e. The molecule has 2 aromatic rings. The summed E-state index contributed by atoms with van der Waals surface area (Å²) in [6.07, 6.45) is 1.59. The highest BCUT2D eigenvalue weighted by Crippen LogP contribution is 2.26. The number of aromatic amines is 1. The number of aromatic nitrogens is 3. The Morgan fingerprint density at radius 3 is 3.00 bits per heavy atom. The first-order chi connectivity index (χ1) is 8.24. The maximum atomic E-state index is 14.0. The molecule has 0 amide bonds. The zero-order valence-corrected chi connectivity index (χ0v) is 10.8. The fourth-order valence-electron chi connectivity index (χ4n) is 1.67. The highest BCUT2D eigenvalue weighted by Gasteiger charge is 2.20. The number of rotatable bonds is 4. The number of halogens is 2. The molecule has 0 spiro atoms. The minimum absolute atomic E-state index is 0.276. The van der Waals surface area contributed by atoms with Crippen molar-refractivity contribution in [2.45, 2.75) is 13.0 Å². The van der Waals surface area contributed by atoms with E-state index in [1.807, 2.05) is 6.92 Å². The summed E-state index contributed by atoms with van der Waals surface area (Å²) in [7, 11) is 0. The summed E-state index contributed by atoms with van der Waals surface area (Å²) in [6.45, 7) is 2.67. The topological polar surface area (TPSA) is 53.6 Å². The molecule has 0 aliphatic carbocycles. The van der Waals surface area contributed by atoms with E-state index in [2.05, 4.69) is 36.7 Å². The van der Waals surface area contributed by atoms with Gasteiger partial charge in [0.25, 0.3) is 0 Å². The number of hydrogen-bond acceptors (Lipinski definition) is 3. The van der Waals surface area contributed by atoms with Crippen LogP contribution in [-0.4, -0.2) is 22.0 Å². The van der Waals surface area contributed by atoms with Gasteiger partial charge in [-0.2, -0.15) is 15.4 Å². The molecule has 0 radical (unpaired) electrons. The minimum atomic E-state index is -0.295. The Morgan fingerprint density at radius 2 is 2.35 bits per heavy atom. The highest BCUT2D eigenvalue weighted by molar-refractivity contribution is 9.10. The van der Waals surface area contributed by atoms with Gasteiger partial charge in [0, 0.05) is 5.56 Å². The fourth-order valence-corrected chi connectivity index (χ4v) is 2.05. The Labute approximate surface area is 107 Å². The number of benzene rings is 1. The van der Waals surface area contributed by atoms with E-state index >= 15 is 0 Å². The van der Waals surface area contributed by atoms with Crippen LogP contribution in [0.2, 0.25) is 0 Å². The molecule has 0 aliphatic rings. The molecule has 0 fully saturated rings. The molecular weight excluding hydrogens is 287 g/mol. The molecule has 6 heteroatoms. The van der Waals surface area contributed by atoms with Crippen LogP contribution in [0.1, 0.15) is 24.2 Å². The minimum Gasteiger partial charge on any atom is -0.305 e. The van der Waals surface area contributed by atoms with Gasteiger partial charge in [0.15, 0.2) is 0 Å². The van der Waals surface area contributed by atoms with E-state index in [1.165, 1.54) is 0 Å². The van der Waals surface area contributed by atoms with Crippen LogP contribution < -0.4 is 5.32 Å². The smallest absolute Gasteiger partial charge is 0.142 e. The second kappa shape index (κ2) is 5.37. The third-order valence-electron chi connectivity index (χ3n) is 2.43. The van der Waals surface area contributed by atoms with Crippen molar-refractivity contribution in [2.24, 2.45) is 0 Å². The Balaban J connectivity index is 2.43. The van der Waals surface area contributed by atoms with Crippen molar-refractivity contribution < 1.29 is 4.39 Å². The molecule has 2 N–H and O–H groups in total. The van der Waals surface area contributed by atoms with E-state index in [-0.39, 0.29) is 11.9 Å². The fraction of sp³-hybridized carbons (Fsp3) is 0.273. The van der Waals surface area contributed by atoms with Crippen molar-refractivity contribution in [1.29, 1.82) is 0 Å².